The van der Waals surface area contributed by atoms with Gasteiger partial charge in [-0.1, -0.05) is 18.2 Å². The molecule has 0 heterocycles. The highest BCUT2D eigenvalue weighted by Gasteiger charge is 2.17. The van der Waals surface area contributed by atoms with Crippen molar-refractivity contribution in [2.45, 2.75) is 0 Å². The van der Waals surface area contributed by atoms with Gasteiger partial charge >= 0.3 is 5.97 Å². The van der Waals surface area contributed by atoms with Gasteiger partial charge in [-0.3, -0.25) is 14.9 Å². The predicted octanol–water partition coefficient (Wildman–Crippen LogP) is 2.77. The first-order valence-corrected chi connectivity index (χ1v) is 5.60. The minimum atomic E-state index is -1.11. The van der Waals surface area contributed by atoms with Crippen LogP contribution < -0.4 is 0 Å². The number of nitrogens with zero attached hydrogens (tertiary/aromatic N) is 1. The average Bonchev–Trinajstić information content (AvgIpc) is 2.46. The van der Waals surface area contributed by atoms with Gasteiger partial charge in [-0.15, -0.1) is 0 Å². The average molecular weight is 271 g/mol. The first-order valence-electron chi connectivity index (χ1n) is 5.60. The Balaban J connectivity index is 2.62. The zero-order chi connectivity index (χ0) is 14.7. The van der Waals surface area contributed by atoms with Crippen LogP contribution in [0.5, 0.6) is 0 Å². The molecule has 0 aromatic heterocycles. The summed E-state index contributed by atoms with van der Waals surface area (Å²) in [5.41, 5.74) is 0.668. The van der Waals surface area contributed by atoms with Crippen LogP contribution in [0.25, 0.3) is 11.1 Å². The molecule has 0 saturated carbocycles. The monoisotopic (exact) mass is 271 g/mol. The molecule has 0 radical (unpaired) electrons. The van der Waals surface area contributed by atoms with Crippen LogP contribution in [0.2, 0.25) is 0 Å². The third-order valence-corrected chi connectivity index (χ3v) is 2.78. The van der Waals surface area contributed by atoms with Crippen LogP contribution in [0, 0.1) is 10.1 Å². The van der Waals surface area contributed by atoms with Gasteiger partial charge in [0.05, 0.1) is 16.1 Å². The fourth-order valence-corrected chi connectivity index (χ4v) is 1.84. The second-order valence-electron chi connectivity index (χ2n) is 4.04. The second-order valence-corrected chi connectivity index (χ2v) is 4.04. The van der Waals surface area contributed by atoms with E-state index in [0.717, 1.165) is 6.07 Å². The lowest BCUT2D eigenvalue weighted by molar-refractivity contribution is -0.384. The highest BCUT2D eigenvalue weighted by Crippen LogP contribution is 2.30. The second kappa shape index (κ2) is 5.31. The number of hydrogen-bond donors (Lipinski definition) is 1. The summed E-state index contributed by atoms with van der Waals surface area (Å²) in [7, 11) is 0. The van der Waals surface area contributed by atoms with Gasteiger partial charge < -0.3 is 5.11 Å². The summed E-state index contributed by atoms with van der Waals surface area (Å²) in [4.78, 5) is 32.0. The van der Waals surface area contributed by atoms with Crippen LogP contribution in [0.3, 0.4) is 0 Å². The molecule has 6 nitrogen and oxygen atoms in total. The molecule has 2 rings (SSSR count). The van der Waals surface area contributed by atoms with Crippen molar-refractivity contribution in [2.75, 3.05) is 0 Å². The number of carboxylic acid groups (broad SMARTS) is 1. The molecule has 0 saturated heterocycles. The Morgan fingerprint density at radius 3 is 2.55 bits per heavy atom. The first-order chi connectivity index (χ1) is 9.52. The number of rotatable bonds is 4. The lowest BCUT2D eigenvalue weighted by atomic mass is 10.00. The number of aromatic carboxylic acids is 1. The summed E-state index contributed by atoms with van der Waals surface area (Å²) >= 11 is 0. The van der Waals surface area contributed by atoms with E-state index in [0.29, 0.717) is 11.8 Å². The summed E-state index contributed by atoms with van der Waals surface area (Å²) in [6.07, 6.45) is 0.518. The molecule has 2 aromatic rings. The van der Waals surface area contributed by atoms with Gasteiger partial charge in [-0.25, -0.2) is 4.79 Å². The molecular formula is C14H9NO5. The maximum absolute atomic E-state index is 11.1. The van der Waals surface area contributed by atoms with Crippen molar-refractivity contribution in [3.05, 3.63) is 63.7 Å². The molecule has 6 heteroatoms. The predicted molar refractivity (Wildman–Crippen MR) is 70.9 cm³/mol. The zero-order valence-corrected chi connectivity index (χ0v) is 10.1. The molecule has 0 aliphatic rings. The van der Waals surface area contributed by atoms with Crippen molar-refractivity contribution in [1.29, 1.82) is 0 Å². The van der Waals surface area contributed by atoms with Crippen molar-refractivity contribution in [3.63, 3.8) is 0 Å². The highest BCUT2D eigenvalue weighted by atomic mass is 16.6. The van der Waals surface area contributed by atoms with Crippen LogP contribution >= 0.6 is 0 Å². The van der Waals surface area contributed by atoms with Crippen LogP contribution in [0.15, 0.2) is 42.5 Å². The third kappa shape index (κ3) is 2.54. The summed E-state index contributed by atoms with van der Waals surface area (Å²) in [6.45, 7) is 0. The van der Waals surface area contributed by atoms with E-state index >= 15 is 0 Å². The lowest BCUT2D eigenvalue weighted by Gasteiger charge is -2.05. The minimum absolute atomic E-state index is 0.0382. The zero-order valence-electron chi connectivity index (χ0n) is 10.1. The quantitative estimate of drug-likeness (QED) is 0.523. The van der Waals surface area contributed by atoms with Crippen LogP contribution in [0.1, 0.15) is 20.7 Å². The summed E-state index contributed by atoms with van der Waals surface area (Å²) in [6, 6.07) is 9.88. The van der Waals surface area contributed by atoms with Gasteiger partial charge in [-0.2, -0.15) is 0 Å². The van der Waals surface area contributed by atoms with Crippen LogP contribution in [-0.2, 0) is 0 Å². The van der Waals surface area contributed by atoms with Crippen molar-refractivity contribution < 1.29 is 19.6 Å². The minimum Gasteiger partial charge on any atom is -0.478 e. The highest BCUT2D eigenvalue weighted by molar-refractivity contribution is 5.90. The Morgan fingerprint density at radius 2 is 1.95 bits per heavy atom. The van der Waals surface area contributed by atoms with E-state index in [1.807, 2.05) is 0 Å². The Bertz CT molecular complexity index is 708. The topological polar surface area (TPSA) is 97.5 Å². The molecule has 0 atom stereocenters. The molecule has 0 bridgehead atoms. The smallest absolute Gasteiger partial charge is 0.335 e. The van der Waals surface area contributed by atoms with Gasteiger partial charge in [0.15, 0.2) is 0 Å². The maximum Gasteiger partial charge on any atom is 0.335 e. The molecule has 0 aliphatic carbocycles. The fraction of sp³-hybridized carbons (Fsp3) is 0. The Labute approximate surface area is 113 Å². The number of nitro benzene ring substituents is 1. The number of hydrogen-bond acceptors (Lipinski definition) is 4. The lowest BCUT2D eigenvalue weighted by Crippen LogP contribution is -1.97. The van der Waals surface area contributed by atoms with E-state index in [-0.39, 0.29) is 22.4 Å². The molecule has 0 unspecified atom stereocenters. The largest absolute Gasteiger partial charge is 0.478 e. The van der Waals surface area contributed by atoms with E-state index in [2.05, 4.69) is 0 Å². The van der Waals surface area contributed by atoms with E-state index in [4.69, 9.17) is 5.11 Å². The summed E-state index contributed by atoms with van der Waals surface area (Å²) < 4.78 is 0. The van der Waals surface area contributed by atoms with E-state index < -0.39 is 10.9 Å². The molecule has 2 aromatic carbocycles. The normalized spacial score (nSPS) is 10.0. The van der Waals surface area contributed by atoms with Gasteiger partial charge in [0.2, 0.25) is 0 Å². The van der Waals surface area contributed by atoms with Crippen LogP contribution in [-0.4, -0.2) is 22.3 Å². The summed E-state index contributed by atoms with van der Waals surface area (Å²) in [5.74, 6) is -1.11. The van der Waals surface area contributed by atoms with Gasteiger partial charge in [0, 0.05) is 11.6 Å². The fourth-order valence-electron chi connectivity index (χ4n) is 1.84. The SMILES string of the molecule is O=Cc1ccc(-c2cccc(C(=O)O)c2)c([N+](=O)[O-])c1. The Hall–Kier alpha value is -3.02. The number of nitro groups is 1. The molecule has 100 valence electrons. The van der Waals surface area contributed by atoms with Crippen molar-refractivity contribution in [2.24, 2.45) is 0 Å². The number of carboxylic acids is 1. The maximum atomic E-state index is 11.1. The Kier molecular flexibility index (Phi) is 3.56. The van der Waals surface area contributed by atoms with Crippen molar-refractivity contribution in [3.8, 4) is 11.1 Å². The van der Waals surface area contributed by atoms with Crippen molar-refractivity contribution >= 4 is 17.9 Å². The number of benzene rings is 2. The molecular weight excluding hydrogens is 262 g/mol. The standard InChI is InChI=1S/C14H9NO5/c16-8-9-4-5-12(13(6-9)15(19)20)10-2-1-3-11(7-10)14(17)18/h1-8H,(H,17,18). The van der Waals surface area contributed by atoms with Crippen LogP contribution in [0.4, 0.5) is 5.69 Å². The Morgan fingerprint density at radius 1 is 1.20 bits per heavy atom. The summed E-state index contributed by atoms with van der Waals surface area (Å²) in [5, 5.41) is 20.0. The molecule has 0 fully saturated rings. The number of aldehydes is 1. The van der Waals surface area contributed by atoms with Gasteiger partial charge in [-0.05, 0) is 23.8 Å². The van der Waals surface area contributed by atoms with Gasteiger partial charge in [0.25, 0.3) is 5.69 Å². The molecule has 20 heavy (non-hydrogen) atoms. The van der Waals surface area contributed by atoms with Crippen molar-refractivity contribution in [1.82, 2.24) is 0 Å². The van der Waals surface area contributed by atoms with E-state index in [9.17, 15) is 19.7 Å². The molecule has 1 N–H and O–H groups in total. The van der Waals surface area contributed by atoms with E-state index in [1.54, 1.807) is 6.07 Å². The number of carbonyl (C=O) groups excluding carboxylic acids is 1. The molecule has 0 spiro atoms. The third-order valence-electron chi connectivity index (χ3n) is 2.78. The van der Waals surface area contributed by atoms with E-state index in [1.165, 1.54) is 30.3 Å². The van der Waals surface area contributed by atoms with Gasteiger partial charge in [0.1, 0.15) is 6.29 Å². The number of carbonyl (C=O) groups is 2. The molecule has 0 amide bonds. The first kappa shape index (κ1) is 13.4. The molecule has 0 aliphatic heterocycles.